The minimum absolute atomic E-state index is 0.173. The van der Waals surface area contributed by atoms with Gasteiger partial charge in [-0.3, -0.25) is 4.99 Å². The zero-order valence-electron chi connectivity index (χ0n) is 14.9. The summed E-state index contributed by atoms with van der Waals surface area (Å²) in [6.07, 6.45) is 1.50. The molecule has 140 valence electrons. The number of aliphatic imine (C=N–C) groups is 1. The fourth-order valence-electron chi connectivity index (χ4n) is 3.83. The van der Waals surface area contributed by atoms with Gasteiger partial charge in [0.15, 0.2) is 0 Å². The van der Waals surface area contributed by atoms with Crippen LogP contribution in [-0.4, -0.2) is 28.9 Å². The normalized spacial score (nSPS) is 17.0. The molecule has 4 nitrogen and oxygen atoms in total. The zero-order chi connectivity index (χ0) is 19.1. The number of halogens is 3. The minimum atomic E-state index is -2.90. The van der Waals surface area contributed by atoms with Crippen molar-refractivity contribution in [1.29, 1.82) is 0 Å². The van der Waals surface area contributed by atoms with Crippen LogP contribution in [0.2, 0.25) is 5.02 Å². The molecule has 0 amide bonds. The molecule has 27 heavy (non-hydrogen) atoms. The Labute approximate surface area is 160 Å². The molecule has 2 aromatic carbocycles. The summed E-state index contributed by atoms with van der Waals surface area (Å²) in [5.41, 5.74) is 4.01. The number of aromatic nitrogens is 2. The summed E-state index contributed by atoms with van der Waals surface area (Å²) in [4.78, 5) is 8.94. The lowest BCUT2D eigenvalue weighted by Gasteiger charge is -2.22. The molecule has 0 bridgehead atoms. The number of aryl methyl sites for hydroxylation is 1. The number of alkyl halides is 2. The molecular weight excluding hydrogens is 372 g/mol. The Bertz CT molecular complexity index is 1050. The van der Waals surface area contributed by atoms with Crippen LogP contribution in [0.3, 0.4) is 0 Å². The van der Waals surface area contributed by atoms with Gasteiger partial charge in [-0.15, -0.1) is 0 Å². The first kappa shape index (κ1) is 17.9. The van der Waals surface area contributed by atoms with E-state index in [1.807, 2.05) is 25.1 Å². The largest absolute Gasteiger partial charge is 0.434 e. The molecule has 0 unspecified atom stereocenters. The molecule has 1 aromatic heterocycles. The molecule has 0 saturated heterocycles. The number of imidazole rings is 1. The first-order chi connectivity index (χ1) is 13.0. The molecule has 1 aliphatic rings. The third-order valence-electron chi connectivity index (χ3n) is 5.02. The van der Waals surface area contributed by atoms with Crippen LogP contribution < -0.4 is 4.74 Å². The van der Waals surface area contributed by atoms with Crippen molar-refractivity contribution < 1.29 is 13.5 Å². The fourth-order valence-corrected chi connectivity index (χ4v) is 4.00. The van der Waals surface area contributed by atoms with Gasteiger partial charge in [0.05, 0.1) is 17.1 Å². The van der Waals surface area contributed by atoms with Crippen molar-refractivity contribution in [2.24, 2.45) is 4.99 Å². The van der Waals surface area contributed by atoms with Gasteiger partial charge in [-0.2, -0.15) is 8.78 Å². The van der Waals surface area contributed by atoms with E-state index < -0.39 is 6.61 Å². The van der Waals surface area contributed by atoms with Crippen molar-refractivity contribution in [3.05, 3.63) is 58.4 Å². The van der Waals surface area contributed by atoms with Gasteiger partial charge in [0.1, 0.15) is 11.6 Å². The molecule has 0 aliphatic carbocycles. The Hall–Kier alpha value is -2.47. The summed E-state index contributed by atoms with van der Waals surface area (Å²) in [7, 11) is 1.69. The summed E-state index contributed by atoms with van der Waals surface area (Å²) in [6.45, 7) is -1.03. The second kappa shape index (κ2) is 6.93. The summed E-state index contributed by atoms with van der Waals surface area (Å²) in [5, 5.41) is 0.611. The van der Waals surface area contributed by atoms with Crippen molar-refractivity contribution in [2.45, 2.75) is 32.4 Å². The number of fused-ring (bicyclic) bond motifs is 3. The van der Waals surface area contributed by atoms with Crippen LogP contribution in [0.25, 0.3) is 11.0 Å². The van der Waals surface area contributed by atoms with Crippen LogP contribution in [0.1, 0.15) is 36.3 Å². The van der Waals surface area contributed by atoms with Crippen LogP contribution in [0.5, 0.6) is 5.75 Å². The van der Waals surface area contributed by atoms with E-state index in [1.165, 1.54) is 0 Å². The Morgan fingerprint density at radius 1 is 1.33 bits per heavy atom. The second-order valence-corrected chi connectivity index (χ2v) is 6.93. The molecular formula is C20H18ClF2N3O. The lowest BCUT2D eigenvalue weighted by molar-refractivity contribution is -0.0506. The maximum absolute atomic E-state index is 13.1. The molecule has 0 N–H and O–H groups in total. The Kier molecular flexibility index (Phi) is 4.60. The predicted octanol–water partition coefficient (Wildman–Crippen LogP) is 5.27. The molecule has 0 saturated carbocycles. The smallest absolute Gasteiger partial charge is 0.387 e. The highest BCUT2D eigenvalue weighted by Gasteiger charge is 2.32. The van der Waals surface area contributed by atoms with Crippen LogP contribution >= 0.6 is 11.6 Å². The van der Waals surface area contributed by atoms with Crippen molar-refractivity contribution in [1.82, 2.24) is 9.55 Å². The van der Waals surface area contributed by atoms with E-state index in [-0.39, 0.29) is 11.8 Å². The zero-order valence-corrected chi connectivity index (χ0v) is 15.7. The van der Waals surface area contributed by atoms with Gasteiger partial charge in [-0.1, -0.05) is 23.7 Å². The van der Waals surface area contributed by atoms with Crippen molar-refractivity contribution in [2.75, 3.05) is 7.05 Å². The Balaban J connectivity index is 1.95. The SMILES string of the molecule is C/N=C(/C)c1cccc(OC(F)F)c1[C@H]1CCc2nc3ccc(Cl)cc3n21. The highest BCUT2D eigenvalue weighted by molar-refractivity contribution is 6.31. The lowest BCUT2D eigenvalue weighted by atomic mass is 9.94. The molecule has 7 heteroatoms. The number of ether oxygens (including phenoxy) is 1. The molecule has 1 atom stereocenters. The number of rotatable bonds is 4. The second-order valence-electron chi connectivity index (χ2n) is 6.49. The van der Waals surface area contributed by atoms with E-state index in [1.54, 1.807) is 25.2 Å². The van der Waals surface area contributed by atoms with Gasteiger partial charge in [-0.05, 0) is 37.6 Å². The average Bonchev–Trinajstić information content (AvgIpc) is 3.20. The maximum Gasteiger partial charge on any atom is 0.387 e. The molecule has 0 fully saturated rings. The molecule has 0 radical (unpaired) electrons. The molecule has 0 spiro atoms. The van der Waals surface area contributed by atoms with E-state index in [9.17, 15) is 8.78 Å². The summed E-state index contributed by atoms with van der Waals surface area (Å²) < 4.78 is 33.1. The summed E-state index contributed by atoms with van der Waals surface area (Å²) in [6, 6.07) is 10.5. The fraction of sp³-hybridized carbons (Fsp3) is 0.300. The van der Waals surface area contributed by atoms with E-state index in [2.05, 4.69) is 14.5 Å². The number of hydrogen-bond donors (Lipinski definition) is 0. The van der Waals surface area contributed by atoms with E-state index in [0.29, 0.717) is 10.6 Å². The topological polar surface area (TPSA) is 39.4 Å². The molecule has 1 aliphatic heterocycles. The Morgan fingerprint density at radius 3 is 2.89 bits per heavy atom. The van der Waals surface area contributed by atoms with Crippen molar-refractivity contribution in [3.63, 3.8) is 0 Å². The van der Waals surface area contributed by atoms with Gasteiger partial charge >= 0.3 is 6.61 Å². The number of hydrogen-bond acceptors (Lipinski definition) is 3. The number of nitrogens with zero attached hydrogens (tertiary/aromatic N) is 3. The maximum atomic E-state index is 13.1. The molecule has 4 rings (SSSR count). The first-order valence-corrected chi connectivity index (χ1v) is 9.05. The third-order valence-corrected chi connectivity index (χ3v) is 5.25. The van der Waals surface area contributed by atoms with E-state index >= 15 is 0 Å². The highest BCUT2D eigenvalue weighted by Crippen LogP contribution is 2.42. The minimum Gasteiger partial charge on any atom is -0.434 e. The summed E-state index contributed by atoms with van der Waals surface area (Å²) in [5.74, 6) is 1.09. The monoisotopic (exact) mass is 389 g/mol. The predicted molar refractivity (Wildman–Crippen MR) is 102 cm³/mol. The van der Waals surface area contributed by atoms with Gasteiger partial charge in [-0.25, -0.2) is 4.98 Å². The van der Waals surface area contributed by atoms with Gasteiger partial charge < -0.3 is 9.30 Å². The van der Waals surface area contributed by atoms with Gasteiger partial charge in [0.25, 0.3) is 0 Å². The van der Waals surface area contributed by atoms with Crippen molar-refractivity contribution in [3.8, 4) is 5.75 Å². The quantitative estimate of drug-likeness (QED) is 0.570. The van der Waals surface area contributed by atoms with Gasteiger partial charge in [0.2, 0.25) is 0 Å². The average molecular weight is 390 g/mol. The van der Waals surface area contributed by atoms with Crippen LogP contribution in [0.15, 0.2) is 41.4 Å². The first-order valence-electron chi connectivity index (χ1n) is 8.67. The summed E-state index contributed by atoms with van der Waals surface area (Å²) >= 11 is 6.19. The van der Waals surface area contributed by atoms with E-state index in [4.69, 9.17) is 16.3 Å². The molecule has 3 aromatic rings. The number of benzene rings is 2. The van der Waals surface area contributed by atoms with Crippen LogP contribution in [0.4, 0.5) is 8.78 Å². The van der Waals surface area contributed by atoms with Gasteiger partial charge in [0, 0.05) is 35.3 Å². The van der Waals surface area contributed by atoms with Crippen LogP contribution in [0, 0.1) is 0 Å². The van der Waals surface area contributed by atoms with E-state index in [0.717, 1.165) is 41.0 Å². The van der Waals surface area contributed by atoms with Crippen LogP contribution in [-0.2, 0) is 6.42 Å². The molecule has 2 heterocycles. The Morgan fingerprint density at radius 2 is 2.15 bits per heavy atom. The lowest BCUT2D eigenvalue weighted by Crippen LogP contribution is -2.15. The standard InChI is InChI=1S/C20H18ClF2N3O/c1-11(24-2)13-4-3-5-17(27-20(22)23)19(13)15-8-9-18-25-14-7-6-12(21)10-16(14)26(15)18/h3-7,10,15,20H,8-9H2,1-2H3/b24-11-/t15-/m1/s1. The van der Waals surface area contributed by atoms with Crippen molar-refractivity contribution >= 4 is 28.3 Å². The highest BCUT2D eigenvalue weighted by atomic mass is 35.5. The third kappa shape index (κ3) is 3.08.